The Morgan fingerprint density at radius 3 is 2.56 bits per heavy atom. The van der Waals surface area contributed by atoms with Gasteiger partial charge in [-0.2, -0.15) is 0 Å². The molecule has 1 aliphatic carbocycles. The van der Waals surface area contributed by atoms with Crippen molar-refractivity contribution < 1.29 is 4.39 Å². The van der Waals surface area contributed by atoms with Crippen LogP contribution in [-0.4, -0.2) is 0 Å². The first kappa shape index (κ1) is 11.0. The van der Waals surface area contributed by atoms with Crippen LogP contribution in [0.25, 0.3) is 11.6 Å². The Balaban J connectivity index is 1.98. The third-order valence-corrected chi connectivity index (χ3v) is 3.35. The summed E-state index contributed by atoms with van der Waals surface area (Å²) in [7, 11) is 0. The van der Waals surface area contributed by atoms with Crippen molar-refractivity contribution in [3.8, 4) is 0 Å². The number of benzene rings is 2. The molecule has 1 aliphatic rings. The molecule has 3 rings (SSSR count). The topological polar surface area (TPSA) is 26.0 Å². The zero-order valence-corrected chi connectivity index (χ0v) is 9.99. The van der Waals surface area contributed by atoms with E-state index in [9.17, 15) is 4.39 Å². The summed E-state index contributed by atoms with van der Waals surface area (Å²) >= 11 is 0. The molecular weight excluding hydrogens is 225 g/mol. The summed E-state index contributed by atoms with van der Waals surface area (Å²) in [5.41, 5.74) is 11.5. The Hall–Kier alpha value is -2.09. The van der Waals surface area contributed by atoms with Gasteiger partial charge in [-0.3, -0.25) is 0 Å². The van der Waals surface area contributed by atoms with Crippen molar-refractivity contribution in [1.82, 2.24) is 0 Å². The van der Waals surface area contributed by atoms with Gasteiger partial charge in [0.15, 0.2) is 0 Å². The van der Waals surface area contributed by atoms with E-state index in [1.54, 1.807) is 12.1 Å². The normalized spacial score (nSPS) is 15.9. The van der Waals surface area contributed by atoms with Crippen LogP contribution in [0.2, 0.25) is 0 Å². The quantitative estimate of drug-likeness (QED) is 0.750. The smallest absolute Gasteiger partial charge is 0.123 e. The Morgan fingerprint density at radius 2 is 1.78 bits per heavy atom. The molecular formula is C16H14FN. The van der Waals surface area contributed by atoms with Gasteiger partial charge >= 0.3 is 0 Å². The predicted molar refractivity (Wildman–Crippen MR) is 73.4 cm³/mol. The molecule has 90 valence electrons. The average molecular weight is 239 g/mol. The molecule has 0 bridgehead atoms. The minimum absolute atomic E-state index is 0.197. The van der Waals surface area contributed by atoms with Crippen LogP contribution in [0.3, 0.4) is 0 Å². The highest BCUT2D eigenvalue weighted by Gasteiger charge is 2.15. The predicted octanol–water partition coefficient (Wildman–Crippen LogP) is 3.89. The van der Waals surface area contributed by atoms with Crippen LogP contribution in [-0.2, 0) is 6.42 Å². The van der Waals surface area contributed by atoms with Crippen molar-refractivity contribution in [1.29, 1.82) is 0 Å². The van der Waals surface area contributed by atoms with Crippen molar-refractivity contribution in [3.05, 3.63) is 65.0 Å². The summed E-state index contributed by atoms with van der Waals surface area (Å²) in [6.45, 7) is 0. The first-order valence-electron chi connectivity index (χ1n) is 6.07. The highest BCUT2D eigenvalue weighted by atomic mass is 19.1. The number of allylic oxidation sites excluding steroid dienone is 1. The molecule has 2 N–H and O–H groups in total. The molecule has 2 aromatic carbocycles. The molecule has 0 radical (unpaired) electrons. The van der Waals surface area contributed by atoms with E-state index < -0.39 is 0 Å². The molecule has 0 atom stereocenters. The van der Waals surface area contributed by atoms with E-state index in [0.717, 1.165) is 24.1 Å². The third kappa shape index (κ3) is 2.02. The van der Waals surface area contributed by atoms with Crippen LogP contribution in [0.1, 0.15) is 23.1 Å². The molecule has 0 aromatic heterocycles. The van der Waals surface area contributed by atoms with Gasteiger partial charge in [0.05, 0.1) is 0 Å². The standard InChI is InChI=1S/C16H14FN/c17-14-5-1-11(2-6-14)9-12-3-4-13-10-15(18)7-8-16(12)13/h1-2,5-10H,3-4,18H2. The monoisotopic (exact) mass is 239 g/mol. The molecule has 2 aromatic rings. The molecule has 0 aliphatic heterocycles. The molecule has 0 saturated heterocycles. The Kier molecular flexibility index (Phi) is 2.63. The van der Waals surface area contributed by atoms with Gasteiger partial charge < -0.3 is 5.73 Å². The van der Waals surface area contributed by atoms with Crippen LogP contribution >= 0.6 is 0 Å². The van der Waals surface area contributed by atoms with Gasteiger partial charge in [0.1, 0.15) is 5.82 Å². The number of anilines is 1. The summed E-state index contributed by atoms with van der Waals surface area (Å²) in [5, 5.41) is 0. The van der Waals surface area contributed by atoms with Crippen molar-refractivity contribution in [2.75, 3.05) is 5.73 Å². The fourth-order valence-electron chi connectivity index (χ4n) is 2.45. The lowest BCUT2D eigenvalue weighted by atomic mass is 10.0. The van der Waals surface area contributed by atoms with Crippen LogP contribution in [0, 0.1) is 5.82 Å². The highest BCUT2D eigenvalue weighted by molar-refractivity contribution is 5.85. The van der Waals surface area contributed by atoms with Crippen LogP contribution in [0.5, 0.6) is 0 Å². The SMILES string of the molecule is Nc1ccc2c(c1)CCC2=Cc1ccc(F)cc1. The second kappa shape index (κ2) is 4.30. The number of nitrogen functional groups attached to an aromatic ring is 1. The summed E-state index contributed by atoms with van der Waals surface area (Å²) in [6.07, 6.45) is 4.19. The van der Waals surface area contributed by atoms with Gasteiger partial charge in [-0.05, 0) is 59.4 Å². The first-order chi connectivity index (χ1) is 8.72. The minimum atomic E-state index is -0.197. The third-order valence-electron chi connectivity index (χ3n) is 3.35. The van der Waals surface area contributed by atoms with E-state index >= 15 is 0 Å². The van der Waals surface area contributed by atoms with Crippen LogP contribution in [0.15, 0.2) is 42.5 Å². The minimum Gasteiger partial charge on any atom is -0.399 e. The highest BCUT2D eigenvalue weighted by Crippen LogP contribution is 2.34. The van der Waals surface area contributed by atoms with Gasteiger partial charge in [0.2, 0.25) is 0 Å². The number of nitrogens with two attached hydrogens (primary N) is 1. The molecule has 0 spiro atoms. The number of fused-ring (bicyclic) bond motifs is 1. The van der Waals surface area contributed by atoms with Gasteiger partial charge in [0, 0.05) is 5.69 Å². The number of rotatable bonds is 1. The molecule has 0 unspecified atom stereocenters. The molecule has 2 heteroatoms. The van der Waals surface area contributed by atoms with E-state index in [-0.39, 0.29) is 5.82 Å². The van der Waals surface area contributed by atoms with Crippen LogP contribution < -0.4 is 5.73 Å². The second-order valence-corrected chi connectivity index (χ2v) is 4.64. The number of hydrogen-bond acceptors (Lipinski definition) is 1. The molecule has 0 saturated carbocycles. The zero-order chi connectivity index (χ0) is 12.5. The number of halogens is 1. The van der Waals surface area contributed by atoms with E-state index in [4.69, 9.17) is 5.73 Å². The van der Waals surface area contributed by atoms with E-state index in [0.29, 0.717) is 0 Å². The van der Waals surface area contributed by atoms with Gasteiger partial charge in [-0.25, -0.2) is 4.39 Å². The van der Waals surface area contributed by atoms with Crippen molar-refractivity contribution >= 4 is 17.3 Å². The fourth-order valence-corrected chi connectivity index (χ4v) is 2.45. The maximum Gasteiger partial charge on any atom is 0.123 e. The van der Waals surface area contributed by atoms with Gasteiger partial charge in [-0.15, -0.1) is 0 Å². The zero-order valence-electron chi connectivity index (χ0n) is 9.99. The number of aryl methyl sites for hydroxylation is 1. The molecule has 0 amide bonds. The summed E-state index contributed by atoms with van der Waals surface area (Å²) in [4.78, 5) is 0. The lowest BCUT2D eigenvalue weighted by molar-refractivity contribution is 0.628. The van der Waals surface area contributed by atoms with Gasteiger partial charge in [0.25, 0.3) is 0 Å². The fraction of sp³-hybridized carbons (Fsp3) is 0.125. The maximum atomic E-state index is 12.8. The first-order valence-corrected chi connectivity index (χ1v) is 6.07. The van der Waals surface area contributed by atoms with Crippen molar-refractivity contribution in [2.45, 2.75) is 12.8 Å². The molecule has 0 fully saturated rings. The van der Waals surface area contributed by atoms with E-state index in [1.165, 1.54) is 28.8 Å². The van der Waals surface area contributed by atoms with E-state index in [1.807, 2.05) is 12.1 Å². The Labute approximate surface area is 106 Å². The van der Waals surface area contributed by atoms with Crippen LogP contribution in [0.4, 0.5) is 10.1 Å². The van der Waals surface area contributed by atoms with Crippen molar-refractivity contribution in [2.24, 2.45) is 0 Å². The largest absolute Gasteiger partial charge is 0.399 e. The Bertz CT molecular complexity index is 611. The van der Waals surface area contributed by atoms with E-state index in [2.05, 4.69) is 12.1 Å². The summed E-state index contributed by atoms with van der Waals surface area (Å²) in [6, 6.07) is 12.6. The molecule has 18 heavy (non-hydrogen) atoms. The summed E-state index contributed by atoms with van der Waals surface area (Å²) < 4.78 is 12.8. The lowest BCUT2D eigenvalue weighted by Gasteiger charge is -2.02. The summed E-state index contributed by atoms with van der Waals surface area (Å²) in [5.74, 6) is -0.197. The molecule has 1 nitrogen and oxygen atoms in total. The number of hydrogen-bond donors (Lipinski definition) is 1. The maximum absolute atomic E-state index is 12.8. The molecule has 0 heterocycles. The lowest BCUT2D eigenvalue weighted by Crippen LogP contribution is -1.87. The average Bonchev–Trinajstić information content (AvgIpc) is 2.74. The second-order valence-electron chi connectivity index (χ2n) is 4.64. The van der Waals surface area contributed by atoms with Gasteiger partial charge in [-0.1, -0.05) is 24.3 Å². The Morgan fingerprint density at radius 1 is 1.00 bits per heavy atom. The van der Waals surface area contributed by atoms with Crippen molar-refractivity contribution in [3.63, 3.8) is 0 Å².